The van der Waals surface area contributed by atoms with Gasteiger partial charge in [0.15, 0.2) is 0 Å². The van der Waals surface area contributed by atoms with Gasteiger partial charge in [-0.3, -0.25) is 0 Å². The number of carboxylic acid groups (broad SMARTS) is 1. The molecule has 0 atom stereocenters. The fourth-order valence-electron chi connectivity index (χ4n) is 0.597. The first-order valence-electron chi connectivity index (χ1n) is 4.58. The summed E-state index contributed by atoms with van der Waals surface area (Å²) >= 11 is 0. The minimum Gasteiger partial charge on any atom is -0.478 e. The highest BCUT2D eigenvalue weighted by Gasteiger charge is 2.07. The van der Waals surface area contributed by atoms with Crippen LogP contribution in [-0.2, 0) is 9.53 Å². The highest BCUT2D eigenvalue weighted by atomic mass is 16.5. The monoisotopic (exact) mass is 226 g/mol. The van der Waals surface area contributed by atoms with Crippen molar-refractivity contribution in [1.29, 1.82) is 0 Å². The predicted octanol–water partition coefficient (Wildman–Crippen LogP) is 2.10. The lowest BCUT2D eigenvalue weighted by atomic mass is 10.4. The van der Waals surface area contributed by atoms with Gasteiger partial charge in [0.1, 0.15) is 0 Å². The molecule has 0 saturated heterocycles. The molecule has 0 spiro atoms. The highest BCUT2D eigenvalue weighted by Crippen LogP contribution is 2.01. The van der Waals surface area contributed by atoms with Crippen LogP contribution in [0.5, 0.6) is 0 Å². The van der Waals surface area contributed by atoms with Crippen LogP contribution in [0, 0.1) is 0 Å². The fraction of sp³-hybridized carbons (Fsp3) is 0.273. The van der Waals surface area contributed by atoms with E-state index >= 15 is 0 Å². The summed E-state index contributed by atoms with van der Waals surface area (Å²) < 4.78 is 9.43. The second-order valence-corrected chi connectivity index (χ2v) is 2.78. The van der Waals surface area contributed by atoms with Crippen LogP contribution in [0.25, 0.3) is 0 Å². The zero-order chi connectivity index (χ0) is 12.6. The lowest BCUT2D eigenvalue weighted by Crippen LogP contribution is -2.02. The minimum absolute atomic E-state index is 0.176. The van der Waals surface area contributed by atoms with Crippen LogP contribution < -0.4 is 0 Å². The van der Waals surface area contributed by atoms with Crippen LogP contribution in [-0.4, -0.2) is 23.7 Å². The Morgan fingerprint density at radius 2 is 2.12 bits per heavy atom. The number of hydrogen-bond acceptors (Lipinski definition) is 4. The number of ether oxygens (including phenoxy) is 1. The van der Waals surface area contributed by atoms with E-state index in [9.17, 15) is 9.59 Å². The third-order valence-corrected chi connectivity index (χ3v) is 1.36. The number of esters is 1. The van der Waals surface area contributed by atoms with Crippen molar-refractivity contribution >= 4 is 11.9 Å². The van der Waals surface area contributed by atoms with E-state index in [1.165, 1.54) is 13.2 Å². The number of aliphatic carboxylic acids is 1. The molecule has 1 rings (SSSR count). The molecular weight excluding hydrogens is 212 g/mol. The van der Waals surface area contributed by atoms with Gasteiger partial charge in [-0.15, -0.1) is 0 Å². The van der Waals surface area contributed by atoms with Crippen LogP contribution >= 0.6 is 0 Å². The quantitative estimate of drug-likeness (QED) is 0.630. The van der Waals surface area contributed by atoms with Crippen LogP contribution in [0.15, 0.2) is 35.0 Å². The van der Waals surface area contributed by atoms with Crippen molar-refractivity contribution in [2.45, 2.75) is 13.8 Å². The molecule has 0 aliphatic carbocycles. The first kappa shape index (κ1) is 14.0. The molecule has 1 N–H and O–H groups in total. The molecule has 0 aliphatic rings. The molecule has 0 saturated carbocycles. The number of carbonyl (C=O) groups excluding carboxylic acids is 1. The van der Waals surface area contributed by atoms with Gasteiger partial charge >= 0.3 is 11.9 Å². The maximum absolute atomic E-state index is 10.8. The Kier molecular flexibility index (Phi) is 6.35. The summed E-state index contributed by atoms with van der Waals surface area (Å²) in [5, 5.41) is 7.89. The molecule has 0 radical (unpaired) electrons. The van der Waals surface area contributed by atoms with E-state index in [4.69, 9.17) is 9.52 Å². The van der Waals surface area contributed by atoms with Crippen molar-refractivity contribution in [2.24, 2.45) is 0 Å². The van der Waals surface area contributed by atoms with Crippen molar-refractivity contribution in [3.8, 4) is 0 Å². The number of carboxylic acids is 1. The minimum atomic E-state index is -0.935. The van der Waals surface area contributed by atoms with E-state index < -0.39 is 11.9 Å². The molecule has 88 valence electrons. The molecule has 0 fully saturated rings. The Morgan fingerprint density at radius 3 is 2.44 bits per heavy atom. The Morgan fingerprint density at radius 1 is 1.56 bits per heavy atom. The van der Waals surface area contributed by atoms with E-state index in [0.717, 1.165) is 0 Å². The van der Waals surface area contributed by atoms with Crippen molar-refractivity contribution in [3.63, 3.8) is 0 Å². The summed E-state index contributed by atoms with van der Waals surface area (Å²) in [6.07, 6.45) is 1.44. The van der Waals surface area contributed by atoms with Gasteiger partial charge in [-0.2, -0.15) is 0 Å². The Labute approximate surface area is 93.3 Å². The summed E-state index contributed by atoms with van der Waals surface area (Å²) in [6.45, 7) is 6.73. The maximum Gasteiger partial charge on any atom is 0.374 e. The smallest absolute Gasteiger partial charge is 0.374 e. The van der Waals surface area contributed by atoms with Crippen LogP contribution in [0.3, 0.4) is 0 Å². The van der Waals surface area contributed by atoms with Crippen molar-refractivity contribution in [3.05, 3.63) is 36.3 Å². The molecule has 16 heavy (non-hydrogen) atoms. The van der Waals surface area contributed by atoms with Gasteiger partial charge in [-0.05, 0) is 26.0 Å². The average molecular weight is 226 g/mol. The van der Waals surface area contributed by atoms with E-state index in [-0.39, 0.29) is 11.3 Å². The Hall–Kier alpha value is -2.04. The standard InChI is InChI=1S/C7H8O3.C4H6O2/c1-2-9-7(8)6-4-3-5-10-6;1-3(2)4(5)6/h3-5H,2H2,1H3;1H2,2H3,(H,5,6). The first-order valence-corrected chi connectivity index (χ1v) is 4.58. The molecule has 0 amide bonds. The molecule has 1 heterocycles. The van der Waals surface area contributed by atoms with Gasteiger partial charge in [0.25, 0.3) is 0 Å². The third-order valence-electron chi connectivity index (χ3n) is 1.36. The van der Waals surface area contributed by atoms with Gasteiger partial charge < -0.3 is 14.3 Å². The second-order valence-electron chi connectivity index (χ2n) is 2.78. The van der Waals surface area contributed by atoms with Crippen LogP contribution in [0.2, 0.25) is 0 Å². The van der Waals surface area contributed by atoms with E-state index in [2.05, 4.69) is 11.3 Å². The number of hydrogen-bond donors (Lipinski definition) is 1. The summed E-state index contributed by atoms with van der Waals surface area (Å²) in [5.74, 6) is -1.09. The van der Waals surface area contributed by atoms with Gasteiger partial charge in [-0.1, -0.05) is 6.58 Å². The molecule has 0 bridgehead atoms. The van der Waals surface area contributed by atoms with Crippen LogP contribution in [0.1, 0.15) is 24.4 Å². The van der Waals surface area contributed by atoms with Gasteiger partial charge in [-0.25, -0.2) is 9.59 Å². The van der Waals surface area contributed by atoms with E-state index in [0.29, 0.717) is 6.61 Å². The molecule has 1 aromatic heterocycles. The van der Waals surface area contributed by atoms with Crippen molar-refractivity contribution < 1.29 is 23.8 Å². The SMILES string of the molecule is C=C(C)C(=O)O.CCOC(=O)c1ccco1. The number of rotatable bonds is 3. The average Bonchev–Trinajstić information content (AvgIpc) is 2.71. The number of furan rings is 1. The summed E-state index contributed by atoms with van der Waals surface area (Å²) in [7, 11) is 0. The van der Waals surface area contributed by atoms with E-state index in [1.807, 2.05) is 0 Å². The zero-order valence-corrected chi connectivity index (χ0v) is 9.23. The third kappa shape index (κ3) is 5.64. The molecule has 0 aliphatic heterocycles. The topological polar surface area (TPSA) is 76.7 Å². The Balaban J connectivity index is 0.000000325. The van der Waals surface area contributed by atoms with Gasteiger partial charge in [0.05, 0.1) is 12.9 Å². The largest absolute Gasteiger partial charge is 0.478 e. The molecule has 0 aromatic carbocycles. The van der Waals surface area contributed by atoms with Crippen molar-refractivity contribution in [2.75, 3.05) is 6.61 Å². The summed E-state index contributed by atoms with van der Waals surface area (Å²) in [5.41, 5.74) is 0.176. The highest BCUT2D eigenvalue weighted by molar-refractivity contribution is 5.86. The normalized spacial score (nSPS) is 8.62. The fourth-order valence-corrected chi connectivity index (χ4v) is 0.597. The molecule has 1 aromatic rings. The number of carbonyl (C=O) groups is 2. The molecule has 5 nitrogen and oxygen atoms in total. The molecular formula is C11H14O5. The zero-order valence-electron chi connectivity index (χ0n) is 9.23. The lowest BCUT2D eigenvalue weighted by Gasteiger charge is -1.95. The summed E-state index contributed by atoms with van der Waals surface area (Å²) in [6, 6.07) is 3.21. The van der Waals surface area contributed by atoms with Gasteiger partial charge in [0.2, 0.25) is 5.76 Å². The maximum atomic E-state index is 10.8. The molecule has 0 unspecified atom stereocenters. The van der Waals surface area contributed by atoms with Gasteiger partial charge in [0, 0.05) is 5.57 Å². The predicted molar refractivity (Wildman–Crippen MR) is 57.1 cm³/mol. The lowest BCUT2D eigenvalue weighted by molar-refractivity contribution is -0.132. The Bertz CT molecular complexity index is 338. The second kappa shape index (κ2) is 7.28. The first-order chi connectivity index (χ1) is 7.49. The van der Waals surface area contributed by atoms with Crippen LogP contribution in [0.4, 0.5) is 0 Å². The molecule has 5 heteroatoms. The summed E-state index contributed by atoms with van der Waals surface area (Å²) in [4.78, 5) is 20.4. The van der Waals surface area contributed by atoms with E-state index in [1.54, 1.807) is 19.1 Å². The van der Waals surface area contributed by atoms with Crippen molar-refractivity contribution in [1.82, 2.24) is 0 Å².